The minimum atomic E-state index is -0.145. The Morgan fingerprint density at radius 1 is 1.37 bits per heavy atom. The van der Waals surface area contributed by atoms with E-state index in [-0.39, 0.29) is 18.2 Å². The Kier molecular flexibility index (Phi) is 4.68. The van der Waals surface area contributed by atoms with Crippen LogP contribution in [0.4, 0.5) is 0 Å². The van der Waals surface area contributed by atoms with Crippen LogP contribution in [0.15, 0.2) is 29.9 Å². The molecular formula is C12H14N4O2S. The molecule has 2 amide bonds. The summed E-state index contributed by atoms with van der Waals surface area (Å²) in [4.78, 5) is 30.6. The summed E-state index contributed by atoms with van der Waals surface area (Å²) in [5.74, 6) is 0.438. The van der Waals surface area contributed by atoms with Crippen molar-refractivity contribution in [2.45, 2.75) is 13.0 Å². The Labute approximate surface area is 114 Å². The van der Waals surface area contributed by atoms with Crippen LogP contribution < -0.4 is 10.6 Å². The van der Waals surface area contributed by atoms with E-state index in [4.69, 9.17) is 0 Å². The lowest BCUT2D eigenvalue weighted by Gasteiger charge is -2.04. The molecule has 0 unspecified atom stereocenters. The smallest absolute Gasteiger partial charge is 0.261 e. The molecule has 0 fully saturated rings. The van der Waals surface area contributed by atoms with Crippen LogP contribution in [0.2, 0.25) is 0 Å². The highest BCUT2D eigenvalue weighted by molar-refractivity contribution is 7.12. The van der Waals surface area contributed by atoms with Crippen LogP contribution >= 0.6 is 11.3 Å². The molecule has 2 heterocycles. The Balaban J connectivity index is 1.63. The van der Waals surface area contributed by atoms with Gasteiger partial charge in [0.15, 0.2) is 0 Å². The van der Waals surface area contributed by atoms with Crippen LogP contribution in [0.25, 0.3) is 0 Å². The quantitative estimate of drug-likeness (QED) is 0.734. The largest absolute Gasteiger partial charge is 0.351 e. The first-order valence-corrected chi connectivity index (χ1v) is 6.70. The van der Waals surface area contributed by atoms with Gasteiger partial charge in [-0.2, -0.15) is 0 Å². The van der Waals surface area contributed by atoms with Crippen molar-refractivity contribution < 1.29 is 9.59 Å². The Morgan fingerprint density at radius 3 is 2.95 bits per heavy atom. The van der Waals surface area contributed by atoms with Crippen molar-refractivity contribution in [3.8, 4) is 0 Å². The van der Waals surface area contributed by atoms with E-state index in [0.29, 0.717) is 23.8 Å². The molecule has 0 radical (unpaired) electrons. The standard InChI is InChI=1S/C12H14N4O2S/c17-11(16-8-10-13-5-6-14-10)3-4-15-12(18)9-2-1-7-19-9/h1-2,5-7H,3-4,8H2,(H,13,14)(H,15,18)(H,16,17). The third-order valence-electron chi connectivity index (χ3n) is 2.39. The van der Waals surface area contributed by atoms with E-state index in [1.165, 1.54) is 11.3 Å². The molecule has 3 N–H and O–H groups in total. The number of rotatable bonds is 6. The molecule has 100 valence electrons. The maximum atomic E-state index is 11.6. The Morgan fingerprint density at radius 2 is 2.26 bits per heavy atom. The van der Waals surface area contributed by atoms with E-state index in [9.17, 15) is 9.59 Å². The van der Waals surface area contributed by atoms with Gasteiger partial charge >= 0.3 is 0 Å². The highest BCUT2D eigenvalue weighted by Gasteiger charge is 2.07. The third kappa shape index (κ3) is 4.22. The van der Waals surface area contributed by atoms with Crippen molar-refractivity contribution in [1.82, 2.24) is 20.6 Å². The molecule has 0 aliphatic heterocycles. The number of nitrogens with one attached hydrogen (secondary N) is 3. The molecule has 0 spiro atoms. The van der Waals surface area contributed by atoms with Gasteiger partial charge in [-0.05, 0) is 11.4 Å². The second-order valence-electron chi connectivity index (χ2n) is 3.80. The van der Waals surface area contributed by atoms with Gasteiger partial charge in [-0.15, -0.1) is 11.3 Å². The van der Waals surface area contributed by atoms with Gasteiger partial charge in [-0.25, -0.2) is 4.98 Å². The molecule has 0 atom stereocenters. The summed E-state index contributed by atoms with van der Waals surface area (Å²) < 4.78 is 0. The van der Waals surface area contributed by atoms with Gasteiger partial charge < -0.3 is 15.6 Å². The lowest BCUT2D eigenvalue weighted by molar-refractivity contribution is -0.121. The normalized spacial score (nSPS) is 10.1. The number of aromatic nitrogens is 2. The van der Waals surface area contributed by atoms with Crippen molar-refractivity contribution in [2.75, 3.05) is 6.54 Å². The Bertz CT molecular complexity index is 522. The molecule has 0 bridgehead atoms. The number of carbonyl (C=O) groups is 2. The van der Waals surface area contributed by atoms with E-state index in [1.807, 2.05) is 11.4 Å². The van der Waals surface area contributed by atoms with Crippen LogP contribution in [0.3, 0.4) is 0 Å². The maximum absolute atomic E-state index is 11.6. The molecule has 2 aromatic heterocycles. The first-order chi connectivity index (χ1) is 9.25. The zero-order valence-corrected chi connectivity index (χ0v) is 11.0. The summed E-state index contributed by atoms with van der Waals surface area (Å²) >= 11 is 1.37. The van der Waals surface area contributed by atoms with Crippen molar-refractivity contribution in [3.63, 3.8) is 0 Å². The minimum absolute atomic E-state index is 0.122. The number of amides is 2. The van der Waals surface area contributed by atoms with Gasteiger partial charge in [-0.1, -0.05) is 6.07 Å². The number of hydrogen-bond donors (Lipinski definition) is 3. The summed E-state index contributed by atoms with van der Waals surface area (Å²) in [5.41, 5.74) is 0. The predicted molar refractivity (Wildman–Crippen MR) is 71.7 cm³/mol. The van der Waals surface area contributed by atoms with Crippen LogP contribution in [0.1, 0.15) is 21.9 Å². The zero-order chi connectivity index (χ0) is 13.5. The molecular weight excluding hydrogens is 264 g/mol. The average Bonchev–Trinajstić information content (AvgIpc) is 3.09. The third-order valence-corrected chi connectivity index (χ3v) is 3.26. The number of nitrogens with zero attached hydrogens (tertiary/aromatic N) is 1. The predicted octanol–water partition coefficient (Wildman–Crippen LogP) is 0.908. The van der Waals surface area contributed by atoms with Crippen LogP contribution in [-0.4, -0.2) is 28.3 Å². The summed E-state index contributed by atoms with van der Waals surface area (Å²) in [5, 5.41) is 7.25. The molecule has 0 aromatic carbocycles. The fourth-order valence-corrected chi connectivity index (χ4v) is 2.09. The lowest BCUT2D eigenvalue weighted by Crippen LogP contribution is -2.30. The van der Waals surface area contributed by atoms with Crippen molar-refractivity contribution in [2.24, 2.45) is 0 Å². The number of carbonyl (C=O) groups excluding carboxylic acids is 2. The van der Waals surface area contributed by atoms with E-state index >= 15 is 0 Å². The SMILES string of the molecule is O=C(CCNC(=O)c1cccs1)NCc1ncc[nH]1. The lowest BCUT2D eigenvalue weighted by atomic mass is 10.3. The van der Waals surface area contributed by atoms with Gasteiger partial charge in [0.05, 0.1) is 11.4 Å². The molecule has 0 saturated heterocycles. The average molecular weight is 278 g/mol. The van der Waals surface area contributed by atoms with Crippen molar-refractivity contribution in [1.29, 1.82) is 0 Å². The summed E-state index contributed by atoms with van der Waals surface area (Å²) in [6.07, 6.45) is 3.57. The number of H-pyrrole nitrogens is 1. The molecule has 19 heavy (non-hydrogen) atoms. The van der Waals surface area contributed by atoms with E-state index in [1.54, 1.807) is 18.5 Å². The van der Waals surface area contributed by atoms with E-state index < -0.39 is 0 Å². The van der Waals surface area contributed by atoms with Crippen LogP contribution in [-0.2, 0) is 11.3 Å². The molecule has 2 rings (SSSR count). The van der Waals surface area contributed by atoms with Crippen LogP contribution in [0, 0.1) is 0 Å². The number of aromatic amines is 1. The monoisotopic (exact) mass is 278 g/mol. The zero-order valence-electron chi connectivity index (χ0n) is 10.2. The Hall–Kier alpha value is -2.15. The van der Waals surface area contributed by atoms with Gasteiger partial charge in [0.1, 0.15) is 5.82 Å². The second kappa shape index (κ2) is 6.69. The van der Waals surface area contributed by atoms with Crippen molar-refractivity contribution >= 4 is 23.2 Å². The molecule has 0 aliphatic carbocycles. The van der Waals surface area contributed by atoms with E-state index in [2.05, 4.69) is 20.6 Å². The minimum Gasteiger partial charge on any atom is -0.351 e. The van der Waals surface area contributed by atoms with Gasteiger partial charge in [0.25, 0.3) is 5.91 Å². The number of imidazole rings is 1. The van der Waals surface area contributed by atoms with Gasteiger partial charge in [-0.3, -0.25) is 9.59 Å². The molecule has 2 aromatic rings. The first kappa shape index (κ1) is 13.3. The summed E-state index contributed by atoms with van der Waals surface area (Å²) in [6, 6.07) is 3.56. The van der Waals surface area contributed by atoms with Gasteiger partial charge in [0.2, 0.25) is 5.91 Å². The molecule has 0 aliphatic rings. The highest BCUT2D eigenvalue weighted by Crippen LogP contribution is 2.07. The fraction of sp³-hybridized carbons (Fsp3) is 0.250. The highest BCUT2D eigenvalue weighted by atomic mass is 32.1. The van der Waals surface area contributed by atoms with Crippen molar-refractivity contribution in [3.05, 3.63) is 40.6 Å². The fourth-order valence-electron chi connectivity index (χ4n) is 1.45. The second-order valence-corrected chi connectivity index (χ2v) is 4.74. The molecule has 0 saturated carbocycles. The topological polar surface area (TPSA) is 86.9 Å². The van der Waals surface area contributed by atoms with Gasteiger partial charge in [0, 0.05) is 25.4 Å². The number of hydrogen-bond acceptors (Lipinski definition) is 4. The summed E-state index contributed by atoms with van der Waals surface area (Å²) in [7, 11) is 0. The van der Waals surface area contributed by atoms with Crippen LogP contribution in [0.5, 0.6) is 0 Å². The summed E-state index contributed by atoms with van der Waals surface area (Å²) in [6.45, 7) is 0.686. The van der Waals surface area contributed by atoms with E-state index in [0.717, 1.165) is 0 Å². The molecule has 6 nitrogen and oxygen atoms in total. The number of thiophene rings is 1. The maximum Gasteiger partial charge on any atom is 0.261 e. The first-order valence-electron chi connectivity index (χ1n) is 5.82. The molecule has 7 heteroatoms.